The van der Waals surface area contributed by atoms with Crippen molar-refractivity contribution < 1.29 is 19.8 Å². The van der Waals surface area contributed by atoms with Crippen molar-refractivity contribution in [2.75, 3.05) is 19.4 Å². The van der Waals surface area contributed by atoms with Gasteiger partial charge in [-0.3, -0.25) is 14.5 Å². The van der Waals surface area contributed by atoms with Crippen molar-refractivity contribution in [3.63, 3.8) is 0 Å². The predicted octanol–water partition coefficient (Wildman–Crippen LogP) is 0.460. The van der Waals surface area contributed by atoms with Gasteiger partial charge in [0.15, 0.2) is 0 Å². The quantitative estimate of drug-likeness (QED) is 0.624. The summed E-state index contributed by atoms with van der Waals surface area (Å²) in [5.41, 5.74) is -0.559. The molecule has 15 heavy (non-hydrogen) atoms. The molecule has 0 amide bonds. The lowest BCUT2D eigenvalue weighted by molar-refractivity contribution is -0.143. The second-order valence-corrected chi connectivity index (χ2v) is 4.33. The maximum Gasteiger partial charge on any atom is 0.317 e. The van der Waals surface area contributed by atoms with Crippen LogP contribution in [0.5, 0.6) is 0 Å². The molecule has 0 radical (unpaired) electrons. The van der Waals surface area contributed by atoms with Crippen LogP contribution in [0.25, 0.3) is 0 Å². The van der Waals surface area contributed by atoms with Crippen molar-refractivity contribution in [1.82, 2.24) is 4.90 Å². The molecule has 0 aromatic rings. The summed E-state index contributed by atoms with van der Waals surface area (Å²) in [7, 11) is 2.46. The van der Waals surface area contributed by atoms with Crippen LogP contribution >= 0.6 is 9.24 Å². The van der Waals surface area contributed by atoms with Crippen molar-refractivity contribution in [3.8, 4) is 0 Å². The molecular weight excluding hydrogens is 217 g/mol. The Labute approximate surface area is 90.7 Å². The summed E-state index contributed by atoms with van der Waals surface area (Å²) in [5, 5.41) is 17.5. The Bertz CT molecular complexity index is 265. The SMILES string of the molecule is O=C(O)CN(CP)CCC1(C(=O)O)CC1. The Hall–Kier alpha value is -0.670. The molecule has 1 atom stereocenters. The average Bonchev–Trinajstić information content (AvgIpc) is 2.92. The molecule has 1 fully saturated rings. The molecule has 0 aliphatic heterocycles. The van der Waals surface area contributed by atoms with E-state index in [1.807, 2.05) is 0 Å². The van der Waals surface area contributed by atoms with Crippen LogP contribution in [0.4, 0.5) is 0 Å². The van der Waals surface area contributed by atoms with Crippen molar-refractivity contribution in [2.45, 2.75) is 19.3 Å². The Morgan fingerprint density at radius 1 is 1.33 bits per heavy atom. The van der Waals surface area contributed by atoms with Crippen molar-refractivity contribution in [2.24, 2.45) is 5.41 Å². The highest BCUT2D eigenvalue weighted by molar-refractivity contribution is 7.16. The summed E-state index contributed by atoms with van der Waals surface area (Å²) < 4.78 is 0. The minimum absolute atomic E-state index is 0.0286. The van der Waals surface area contributed by atoms with Crippen molar-refractivity contribution in [3.05, 3.63) is 0 Å². The molecule has 1 saturated carbocycles. The maximum atomic E-state index is 10.9. The van der Waals surface area contributed by atoms with E-state index in [9.17, 15) is 9.59 Å². The number of carboxylic acid groups (broad SMARTS) is 2. The smallest absolute Gasteiger partial charge is 0.317 e. The number of nitrogens with zero attached hydrogens (tertiary/aromatic N) is 1. The third kappa shape index (κ3) is 3.43. The molecule has 86 valence electrons. The Kier molecular flexibility index (Phi) is 4.05. The molecule has 1 unspecified atom stereocenters. The van der Waals surface area contributed by atoms with Crippen LogP contribution in [0.3, 0.4) is 0 Å². The van der Waals surface area contributed by atoms with Crippen LogP contribution in [0.2, 0.25) is 0 Å². The summed E-state index contributed by atoms with van der Waals surface area (Å²) in [6.07, 6.45) is 2.55. The summed E-state index contributed by atoms with van der Waals surface area (Å²) in [6, 6.07) is 0. The minimum Gasteiger partial charge on any atom is -0.481 e. The first kappa shape index (κ1) is 12.4. The van der Waals surface area contributed by atoms with E-state index < -0.39 is 17.4 Å². The molecule has 5 nitrogen and oxygen atoms in total. The molecule has 1 aliphatic carbocycles. The number of rotatable bonds is 7. The van der Waals surface area contributed by atoms with Gasteiger partial charge in [0.25, 0.3) is 0 Å². The number of carbonyl (C=O) groups is 2. The van der Waals surface area contributed by atoms with Crippen LogP contribution in [-0.4, -0.2) is 46.4 Å². The molecule has 1 rings (SSSR count). The second kappa shape index (κ2) is 4.90. The van der Waals surface area contributed by atoms with Gasteiger partial charge in [0.05, 0.1) is 12.0 Å². The molecule has 0 heterocycles. The molecular formula is C9H16NO4P. The fraction of sp³-hybridized carbons (Fsp3) is 0.778. The number of carboxylic acids is 2. The molecule has 2 N–H and O–H groups in total. The van der Waals surface area contributed by atoms with E-state index in [1.165, 1.54) is 0 Å². The molecule has 0 aromatic heterocycles. The first-order valence-electron chi connectivity index (χ1n) is 4.88. The van der Waals surface area contributed by atoms with Gasteiger partial charge in [0, 0.05) is 12.8 Å². The predicted molar refractivity (Wildman–Crippen MR) is 57.7 cm³/mol. The zero-order valence-corrected chi connectivity index (χ0v) is 9.63. The van der Waals surface area contributed by atoms with Gasteiger partial charge in [-0.25, -0.2) is 0 Å². The first-order chi connectivity index (χ1) is 7.00. The van der Waals surface area contributed by atoms with E-state index in [0.717, 1.165) is 12.8 Å². The van der Waals surface area contributed by atoms with E-state index in [-0.39, 0.29) is 6.54 Å². The summed E-state index contributed by atoms with van der Waals surface area (Å²) in [5.74, 6) is -1.63. The maximum absolute atomic E-state index is 10.9. The van der Waals surface area contributed by atoms with Crippen LogP contribution in [0.1, 0.15) is 19.3 Å². The first-order valence-corrected chi connectivity index (χ1v) is 5.69. The Morgan fingerprint density at radius 3 is 2.27 bits per heavy atom. The second-order valence-electron chi connectivity index (χ2n) is 3.96. The van der Waals surface area contributed by atoms with Crippen LogP contribution < -0.4 is 0 Å². The van der Waals surface area contributed by atoms with Gasteiger partial charge in [-0.1, -0.05) is 0 Å². The largest absolute Gasteiger partial charge is 0.481 e. The van der Waals surface area contributed by atoms with E-state index in [0.29, 0.717) is 19.3 Å². The Morgan fingerprint density at radius 2 is 1.93 bits per heavy atom. The molecule has 6 heteroatoms. The monoisotopic (exact) mass is 233 g/mol. The highest BCUT2D eigenvalue weighted by Gasteiger charge is 2.49. The molecule has 0 spiro atoms. The molecule has 0 aromatic carbocycles. The van der Waals surface area contributed by atoms with Crippen molar-refractivity contribution >= 4 is 21.2 Å². The highest BCUT2D eigenvalue weighted by Crippen LogP contribution is 2.49. The van der Waals surface area contributed by atoms with Crippen LogP contribution in [0.15, 0.2) is 0 Å². The zero-order valence-electron chi connectivity index (χ0n) is 8.48. The van der Waals surface area contributed by atoms with Gasteiger partial charge in [-0.15, -0.1) is 9.24 Å². The van der Waals surface area contributed by atoms with Gasteiger partial charge in [0.2, 0.25) is 0 Å². The number of hydrogen-bond acceptors (Lipinski definition) is 3. The number of hydrogen-bond donors (Lipinski definition) is 2. The molecule has 0 bridgehead atoms. The lowest BCUT2D eigenvalue weighted by Crippen LogP contribution is -2.32. The summed E-state index contributed by atoms with van der Waals surface area (Å²) in [4.78, 5) is 23.1. The van der Waals surface area contributed by atoms with E-state index >= 15 is 0 Å². The topological polar surface area (TPSA) is 77.8 Å². The lowest BCUT2D eigenvalue weighted by Gasteiger charge is -2.19. The third-order valence-corrected chi connectivity index (χ3v) is 3.35. The van der Waals surface area contributed by atoms with E-state index in [4.69, 9.17) is 10.2 Å². The summed E-state index contributed by atoms with van der Waals surface area (Å²) in [6.45, 7) is 0.501. The fourth-order valence-corrected chi connectivity index (χ4v) is 1.83. The van der Waals surface area contributed by atoms with Crippen LogP contribution in [0, 0.1) is 5.41 Å². The minimum atomic E-state index is -0.877. The summed E-state index contributed by atoms with van der Waals surface area (Å²) >= 11 is 0. The van der Waals surface area contributed by atoms with Gasteiger partial charge >= 0.3 is 11.9 Å². The Balaban J connectivity index is 2.34. The standard InChI is InChI=1S/C9H16NO4P/c11-7(12)5-10(6-15)4-3-9(1-2-9)8(13)14/h1-6,15H2,(H,11,12)(H,13,14). The van der Waals surface area contributed by atoms with Gasteiger partial charge < -0.3 is 10.2 Å². The average molecular weight is 233 g/mol. The fourth-order valence-electron chi connectivity index (χ4n) is 1.52. The van der Waals surface area contributed by atoms with Crippen LogP contribution in [-0.2, 0) is 9.59 Å². The normalized spacial score (nSPS) is 17.7. The van der Waals surface area contributed by atoms with Gasteiger partial charge in [0.1, 0.15) is 0 Å². The van der Waals surface area contributed by atoms with Gasteiger partial charge in [-0.2, -0.15) is 0 Å². The third-order valence-electron chi connectivity index (χ3n) is 2.83. The zero-order chi connectivity index (χ0) is 11.5. The molecule has 1 aliphatic rings. The van der Waals surface area contributed by atoms with E-state index in [2.05, 4.69) is 9.24 Å². The lowest BCUT2D eigenvalue weighted by atomic mass is 10.0. The van der Waals surface area contributed by atoms with Crippen molar-refractivity contribution in [1.29, 1.82) is 0 Å². The highest BCUT2D eigenvalue weighted by atomic mass is 31.0. The number of aliphatic carboxylic acids is 2. The molecule has 0 saturated heterocycles. The van der Waals surface area contributed by atoms with Gasteiger partial charge in [-0.05, 0) is 19.3 Å². The van der Waals surface area contributed by atoms with E-state index in [1.54, 1.807) is 4.90 Å².